The molecule has 0 aliphatic carbocycles. The molecule has 0 spiro atoms. The fourth-order valence-corrected chi connectivity index (χ4v) is 0.334. The molecule has 4 nitrogen and oxygen atoms in total. The third kappa shape index (κ3) is 2.95. The van der Waals surface area contributed by atoms with E-state index in [1.807, 2.05) is 0 Å². The van der Waals surface area contributed by atoms with Gasteiger partial charge in [0.2, 0.25) is 5.44 Å². The van der Waals surface area contributed by atoms with E-state index in [1.54, 1.807) is 6.11 Å². The van der Waals surface area contributed by atoms with E-state index in [1.165, 1.54) is 0 Å². The average Bonchev–Trinajstić information content (AvgIpc) is 1.64. The van der Waals surface area contributed by atoms with Crippen LogP contribution in [0.4, 0.5) is 0 Å². The maximum atomic E-state index is 10.1. The van der Waals surface area contributed by atoms with Gasteiger partial charge in [0.25, 0.3) is 0 Å². The van der Waals surface area contributed by atoms with Gasteiger partial charge in [0, 0.05) is 0 Å². The van der Waals surface area contributed by atoms with Gasteiger partial charge in [0.15, 0.2) is 0 Å². The molecule has 5 heteroatoms. The van der Waals surface area contributed by atoms with Crippen LogP contribution in [0.25, 0.3) is 0 Å². The minimum atomic E-state index is -4.13. The number of hydrogen-bond donors (Lipinski definition) is 1. The third-order valence-corrected chi connectivity index (χ3v) is 1.59. The van der Waals surface area contributed by atoms with Gasteiger partial charge in [0.05, 0.1) is 0 Å². The third-order valence-electron chi connectivity index (χ3n) is 0.653. The normalized spacial score (nSPS) is 13.9. The Morgan fingerprint density at radius 2 is 2.22 bits per heavy atom. The van der Waals surface area contributed by atoms with Gasteiger partial charge in [0.1, 0.15) is 6.11 Å². The van der Waals surface area contributed by atoms with Crippen LogP contribution in [-0.2, 0) is 14.9 Å². The van der Waals surface area contributed by atoms with Crippen molar-refractivity contribution in [1.82, 2.24) is 0 Å². The van der Waals surface area contributed by atoms with Gasteiger partial charge in [-0.05, 0) is 6.92 Å². The van der Waals surface area contributed by atoms with Crippen LogP contribution in [0.1, 0.15) is 6.92 Å². The van der Waals surface area contributed by atoms with E-state index in [-0.39, 0.29) is 0 Å². The first-order valence-corrected chi connectivity index (χ1v) is 3.56. The Morgan fingerprint density at radius 1 is 1.78 bits per heavy atom. The molecule has 0 saturated heterocycles. The van der Waals surface area contributed by atoms with Crippen LogP contribution >= 0.6 is 0 Å². The summed E-state index contributed by atoms with van der Waals surface area (Å²) < 4.78 is 32.4. The first kappa shape index (κ1) is 8.27. The van der Waals surface area contributed by atoms with Crippen molar-refractivity contribution in [3.63, 3.8) is 0 Å². The average molecular weight is 150 g/mol. The predicted octanol–water partition coefficient (Wildman–Crippen LogP) is -0.173. The summed E-state index contributed by atoms with van der Waals surface area (Å²) >= 11 is 0. The molecule has 1 unspecified atom stereocenters. The lowest BCUT2D eigenvalue weighted by molar-refractivity contribution is 0.239. The Morgan fingerprint density at radius 3 is 2.33 bits per heavy atom. The van der Waals surface area contributed by atoms with E-state index in [4.69, 9.17) is 4.55 Å². The topological polar surface area (TPSA) is 63.6 Å². The molecule has 0 fully saturated rings. The van der Waals surface area contributed by atoms with Gasteiger partial charge in [-0.25, -0.2) is 0 Å². The molecular weight excluding hydrogens is 144 g/mol. The second-order valence-corrected chi connectivity index (χ2v) is 3.01. The van der Waals surface area contributed by atoms with E-state index in [9.17, 15) is 8.42 Å². The van der Waals surface area contributed by atoms with Crippen molar-refractivity contribution in [2.45, 2.75) is 12.4 Å². The zero-order valence-corrected chi connectivity index (χ0v) is 5.55. The minimum Gasteiger partial charge on any atom is -0.425 e. The molecule has 0 heterocycles. The SMILES string of the molecule is C#COC(C)S(=O)(=O)O. The summed E-state index contributed by atoms with van der Waals surface area (Å²) in [6.07, 6.45) is 6.21. The van der Waals surface area contributed by atoms with Crippen molar-refractivity contribution in [3.8, 4) is 12.5 Å². The fourth-order valence-electron chi connectivity index (χ4n) is 0.157. The van der Waals surface area contributed by atoms with Crippen LogP contribution in [0.5, 0.6) is 0 Å². The summed E-state index contributed by atoms with van der Waals surface area (Å²) in [4.78, 5) is 0. The molecule has 1 atom stereocenters. The predicted molar refractivity (Wildman–Crippen MR) is 30.9 cm³/mol. The number of ether oxygens (including phenoxy) is 1. The second-order valence-electron chi connectivity index (χ2n) is 1.32. The van der Waals surface area contributed by atoms with E-state index < -0.39 is 15.6 Å². The van der Waals surface area contributed by atoms with Gasteiger partial charge in [-0.2, -0.15) is 8.42 Å². The summed E-state index contributed by atoms with van der Waals surface area (Å²) in [6, 6.07) is 0. The Balaban J connectivity index is 4.10. The summed E-state index contributed by atoms with van der Waals surface area (Å²) in [6.45, 7) is 1.13. The molecular formula is C4H6O4S. The van der Waals surface area contributed by atoms with Crippen molar-refractivity contribution >= 4 is 10.1 Å². The lowest BCUT2D eigenvalue weighted by Gasteiger charge is -2.02. The Labute approximate surface area is 53.6 Å². The Kier molecular flexibility index (Phi) is 2.49. The van der Waals surface area contributed by atoms with Crippen molar-refractivity contribution in [3.05, 3.63) is 0 Å². The highest BCUT2D eigenvalue weighted by molar-refractivity contribution is 7.86. The molecule has 1 N–H and O–H groups in total. The van der Waals surface area contributed by atoms with E-state index in [2.05, 4.69) is 11.2 Å². The number of rotatable bonds is 2. The molecule has 0 aromatic rings. The van der Waals surface area contributed by atoms with Crippen molar-refractivity contribution < 1.29 is 17.7 Å². The highest BCUT2D eigenvalue weighted by Gasteiger charge is 2.16. The van der Waals surface area contributed by atoms with Gasteiger partial charge >= 0.3 is 10.1 Å². The first-order chi connectivity index (χ1) is 3.98. The van der Waals surface area contributed by atoms with Gasteiger partial charge in [-0.1, -0.05) is 6.42 Å². The van der Waals surface area contributed by atoms with E-state index >= 15 is 0 Å². The zero-order valence-electron chi connectivity index (χ0n) is 4.73. The summed E-state index contributed by atoms with van der Waals surface area (Å²) in [7, 11) is -4.13. The van der Waals surface area contributed by atoms with E-state index in [0.29, 0.717) is 0 Å². The van der Waals surface area contributed by atoms with Crippen LogP contribution in [0, 0.1) is 12.5 Å². The summed E-state index contributed by atoms with van der Waals surface area (Å²) in [5.74, 6) is 0. The molecule has 0 amide bonds. The quantitative estimate of drug-likeness (QED) is 0.438. The molecule has 0 rings (SSSR count). The Bertz CT molecular complexity index is 209. The van der Waals surface area contributed by atoms with Crippen molar-refractivity contribution in [2.75, 3.05) is 0 Å². The molecule has 0 aromatic carbocycles. The monoisotopic (exact) mass is 150 g/mol. The van der Waals surface area contributed by atoms with Gasteiger partial charge < -0.3 is 4.74 Å². The summed E-state index contributed by atoms with van der Waals surface area (Å²) in [5.41, 5.74) is -1.34. The highest BCUT2D eigenvalue weighted by atomic mass is 32.2. The molecule has 0 aliphatic heterocycles. The van der Waals surface area contributed by atoms with Crippen LogP contribution in [0.3, 0.4) is 0 Å². The molecule has 52 valence electrons. The fraction of sp³-hybridized carbons (Fsp3) is 0.500. The number of hydrogen-bond acceptors (Lipinski definition) is 3. The van der Waals surface area contributed by atoms with Crippen LogP contribution < -0.4 is 0 Å². The largest absolute Gasteiger partial charge is 0.425 e. The second kappa shape index (κ2) is 2.71. The van der Waals surface area contributed by atoms with E-state index in [0.717, 1.165) is 6.92 Å². The lowest BCUT2D eigenvalue weighted by atomic mass is 10.9. The van der Waals surface area contributed by atoms with Gasteiger partial charge in [-0.15, -0.1) is 0 Å². The Hall–Kier alpha value is -0.730. The maximum Gasteiger partial charge on any atom is 0.304 e. The lowest BCUT2D eigenvalue weighted by Crippen LogP contribution is -2.17. The number of terminal acetylenes is 1. The maximum absolute atomic E-state index is 10.1. The molecule has 0 bridgehead atoms. The molecule has 0 radical (unpaired) electrons. The molecule has 0 aliphatic rings. The smallest absolute Gasteiger partial charge is 0.304 e. The van der Waals surface area contributed by atoms with Crippen LogP contribution in [0.15, 0.2) is 0 Å². The zero-order chi connectivity index (χ0) is 7.49. The van der Waals surface area contributed by atoms with Crippen molar-refractivity contribution in [2.24, 2.45) is 0 Å². The highest BCUT2D eigenvalue weighted by Crippen LogP contribution is 1.96. The minimum absolute atomic E-state index is 1.13. The summed E-state index contributed by atoms with van der Waals surface area (Å²) in [5, 5.41) is 0. The molecule has 9 heavy (non-hydrogen) atoms. The first-order valence-electron chi connectivity index (χ1n) is 2.06. The van der Waals surface area contributed by atoms with Crippen molar-refractivity contribution in [1.29, 1.82) is 0 Å². The molecule has 0 aromatic heterocycles. The molecule has 0 saturated carbocycles. The van der Waals surface area contributed by atoms with Crippen LogP contribution in [0.2, 0.25) is 0 Å². The standard InChI is InChI=1S/C4H6O4S/c1-3-8-4(2)9(5,6)7/h1,4H,2H3,(H,5,6,7). The van der Waals surface area contributed by atoms with Crippen LogP contribution in [-0.4, -0.2) is 18.4 Å². The van der Waals surface area contributed by atoms with Gasteiger partial charge in [-0.3, -0.25) is 4.55 Å².